The number of urea groups is 1. The zero-order chi connectivity index (χ0) is 16.5. The maximum atomic E-state index is 12.5. The first-order chi connectivity index (χ1) is 10.9. The summed E-state index contributed by atoms with van der Waals surface area (Å²) in [5, 5.41) is 6.01. The Morgan fingerprint density at radius 2 is 1.78 bits per heavy atom. The maximum absolute atomic E-state index is 12.5. The van der Waals surface area contributed by atoms with Gasteiger partial charge >= 0.3 is 12.2 Å². The molecule has 0 aromatic heterocycles. The Kier molecular flexibility index (Phi) is 4.23. The van der Waals surface area contributed by atoms with E-state index in [2.05, 4.69) is 10.6 Å². The fraction of sp³-hybridized carbons (Fsp3) is 0.562. The molecule has 1 aromatic rings. The highest BCUT2D eigenvalue weighted by Crippen LogP contribution is 2.38. The Hall–Kier alpha value is -1.76. The summed E-state index contributed by atoms with van der Waals surface area (Å²) < 4.78 is 37.6. The van der Waals surface area contributed by atoms with Crippen molar-refractivity contribution in [2.45, 2.75) is 25.4 Å². The number of hydrogen-bond donors (Lipinski definition) is 2. The fourth-order valence-corrected chi connectivity index (χ4v) is 3.42. The van der Waals surface area contributed by atoms with E-state index in [1.165, 1.54) is 12.1 Å². The lowest BCUT2D eigenvalue weighted by atomic mass is 9.78. The van der Waals surface area contributed by atoms with Crippen LogP contribution in [0.25, 0.3) is 0 Å². The van der Waals surface area contributed by atoms with Crippen molar-refractivity contribution in [3.63, 3.8) is 0 Å². The molecule has 2 amide bonds. The van der Waals surface area contributed by atoms with E-state index < -0.39 is 11.7 Å². The first-order valence-corrected chi connectivity index (χ1v) is 7.82. The van der Waals surface area contributed by atoms with Crippen LogP contribution in [0.3, 0.4) is 0 Å². The Morgan fingerprint density at radius 3 is 2.39 bits per heavy atom. The zero-order valence-corrected chi connectivity index (χ0v) is 12.7. The number of hydrogen-bond acceptors (Lipinski definition) is 2. The van der Waals surface area contributed by atoms with Crippen LogP contribution in [-0.2, 0) is 6.18 Å². The number of benzene rings is 1. The molecule has 2 fully saturated rings. The van der Waals surface area contributed by atoms with Gasteiger partial charge in [0, 0.05) is 18.8 Å². The second-order valence-corrected chi connectivity index (χ2v) is 6.43. The van der Waals surface area contributed by atoms with Gasteiger partial charge in [0.25, 0.3) is 0 Å². The van der Waals surface area contributed by atoms with Crippen LogP contribution in [0.4, 0.5) is 23.7 Å². The molecule has 0 unspecified atom stereocenters. The number of anilines is 1. The third kappa shape index (κ3) is 3.60. The molecule has 126 valence electrons. The molecule has 0 saturated carbocycles. The van der Waals surface area contributed by atoms with Gasteiger partial charge in [-0.05, 0) is 62.0 Å². The average Bonchev–Trinajstić information content (AvgIpc) is 2.91. The third-order valence-corrected chi connectivity index (χ3v) is 4.85. The summed E-state index contributed by atoms with van der Waals surface area (Å²) in [6, 6.07) is 4.30. The first-order valence-electron chi connectivity index (χ1n) is 7.82. The van der Waals surface area contributed by atoms with Gasteiger partial charge in [0.2, 0.25) is 0 Å². The van der Waals surface area contributed by atoms with E-state index in [0.717, 1.165) is 51.0 Å². The number of carbonyl (C=O) groups is 1. The van der Waals surface area contributed by atoms with E-state index >= 15 is 0 Å². The Bertz CT molecular complexity index is 565. The molecule has 4 nitrogen and oxygen atoms in total. The second kappa shape index (κ2) is 6.03. The number of piperidine rings is 1. The van der Waals surface area contributed by atoms with E-state index in [1.807, 2.05) is 0 Å². The quantitative estimate of drug-likeness (QED) is 0.831. The smallest absolute Gasteiger partial charge is 0.324 e. The molecule has 1 spiro atoms. The molecule has 2 aliphatic heterocycles. The highest BCUT2D eigenvalue weighted by Gasteiger charge is 2.40. The van der Waals surface area contributed by atoms with E-state index in [9.17, 15) is 18.0 Å². The van der Waals surface area contributed by atoms with Crippen molar-refractivity contribution >= 4 is 11.7 Å². The Morgan fingerprint density at radius 1 is 1.13 bits per heavy atom. The fourth-order valence-electron chi connectivity index (χ4n) is 3.42. The number of nitrogens with zero attached hydrogens (tertiary/aromatic N) is 1. The lowest BCUT2D eigenvalue weighted by Crippen LogP contribution is -2.40. The molecule has 1 aromatic carbocycles. The normalized spacial score (nSPS) is 20.7. The summed E-state index contributed by atoms with van der Waals surface area (Å²) in [4.78, 5) is 14.1. The number of halogens is 3. The van der Waals surface area contributed by atoms with Crippen LogP contribution in [0.15, 0.2) is 24.3 Å². The summed E-state index contributed by atoms with van der Waals surface area (Å²) in [5.41, 5.74) is -0.123. The number of alkyl halides is 3. The molecule has 2 aliphatic rings. The van der Waals surface area contributed by atoms with Gasteiger partial charge in [0.1, 0.15) is 0 Å². The molecule has 0 radical (unpaired) electrons. The molecular formula is C16H20F3N3O. The maximum Gasteiger partial charge on any atom is 0.416 e. The zero-order valence-electron chi connectivity index (χ0n) is 12.7. The Balaban J connectivity index is 1.59. The van der Waals surface area contributed by atoms with E-state index in [1.54, 1.807) is 4.90 Å². The first kappa shape index (κ1) is 16.1. The molecule has 2 N–H and O–H groups in total. The van der Waals surface area contributed by atoms with Gasteiger partial charge in [0.05, 0.1) is 5.56 Å². The molecule has 23 heavy (non-hydrogen) atoms. The van der Waals surface area contributed by atoms with Gasteiger partial charge in [-0.2, -0.15) is 13.2 Å². The second-order valence-electron chi connectivity index (χ2n) is 6.43. The minimum Gasteiger partial charge on any atom is -0.324 e. The van der Waals surface area contributed by atoms with Gasteiger partial charge in [0.15, 0.2) is 0 Å². The number of amides is 2. The lowest BCUT2D eigenvalue weighted by molar-refractivity contribution is -0.137. The van der Waals surface area contributed by atoms with Gasteiger partial charge in [-0.3, -0.25) is 0 Å². The van der Waals surface area contributed by atoms with Crippen LogP contribution >= 0.6 is 0 Å². The summed E-state index contributed by atoms with van der Waals surface area (Å²) in [6.45, 7) is 3.39. The number of nitrogens with one attached hydrogen (secondary N) is 2. The van der Waals surface area contributed by atoms with E-state index in [-0.39, 0.29) is 11.4 Å². The predicted octanol–water partition coefficient (Wildman–Crippen LogP) is 3.31. The lowest BCUT2D eigenvalue weighted by Gasteiger charge is -2.33. The van der Waals surface area contributed by atoms with Crippen molar-refractivity contribution in [3.8, 4) is 0 Å². The summed E-state index contributed by atoms with van der Waals surface area (Å²) in [5.74, 6) is 0. The number of carbonyl (C=O) groups excluding carboxylic acids is 1. The highest BCUT2D eigenvalue weighted by molar-refractivity contribution is 5.89. The van der Waals surface area contributed by atoms with Crippen molar-refractivity contribution in [2.75, 3.05) is 31.5 Å². The molecular weight excluding hydrogens is 307 g/mol. The molecule has 7 heteroatoms. The highest BCUT2D eigenvalue weighted by atomic mass is 19.4. The molecule has 0 atom stereocenters. The molecule has 2 heterocycles. The van der Waals surface area contributed by atoms with Crippen molar-refractivity contribution in [1.29, 1.82) is 0 Å². The monoisotopic (exact) mass is 327 g/mol. The van der Waals surface area contributed by atoms with Crippen molar-refractivity contribution in [3.05, 3.63) is 29.8 Å². The van der Waals surface area contributed by atoms with Gasteiger partial charge in [-0.15, -0.1) is 0 Å². The average molecular weight is 327 g/mol. The molecule has 3 rings (SSSR count). The summed E-state index contributed by atoms with van der Waals surface area (Å²) in [7, 11) is 0. The third-order valence-electron chi connectivity index (χ3n) is 4.85. The summed E-state index contributed by atoms with van der Waals surface area (Å²) in [6.07, 6.45) is -1.23. The van der Waals surface area contributed by atoms with E-state index in [0.29, 0.717) is 12.2 Å². The van der Waals surface area contributed by atoms with Gasteiger partial charge < -0.3 is 15.5 Å². The number of rotatable bonds is 1. The molecule has 0 aliphatic carbocycles. The Labute approximate surface area is 133 Å². The van der Waals surface area contributed by atoms with Crippen LogP contribution < -0.4 is 10.6 Å². The summed E-state index contributed by atoms with van der Waals surface area (Å²) >= 11 is 0. The largest absolute Gasteiger partial charge is 0.416 e. The number of likely N-dealkylation sites (tertiary alicyclic amines) is 1. The predicted molar refractivity (Wildman–Crippen MR) is 81.2 cm³/mol. The molecule has 0 bridgehead atoms. The minimum absolute atomic E-state index is 0.211. The van der Waals surface area contributed by atoms with Crippen molar-refractivity contribution < 1.29 is 18.0 Å². The SMILES string of the molecule is O=C(Nc1ccc(C(F)(F)F)cc1)N1CCC2(CCNCC2)C1. The van der Waals surface area contributed by atoms with Crippen LogP contribution in [0.5, 0.6) is 0 Å². The standard InChI is InChI=1S/C16H20F3N3O/c17-16(18,19)12-1-3-13(4-2-12)21-14(23)22-10-7-15(11-22)5-8-20-9-6-15/h1-4,20H,5-11H2,(H,21,23). The van der Waals surface area contributed by atoms with Crippen LogP contribution in [0, 0.1) is 5.41 Å². The molecule has 2 saturated heterocycles. The van der Waals surface area contributed by atoms with Crippen LogP contribution in [0.2, 0.25) is 0 Å². The van der Waals surface area contributed by atoms with Crippen molar-refractivity contribution in [2.24, 2.45) is 5.41 Å². The topological polar surface area (TPSA) is 44.4 Å². The van der Waals surface area contributed by atoms with Gasteiger partial charge in [-0.25, -0.2) is 4.79 Å². The minimum atomic E-state index is -4.36. The van der Waals surface area contributed by atoms with Crippen LogP contribution in [0.1, 0.15) is 24.8 Å². The van der Waals surface area contributed by atoms with Crippen molar-refractivity contribution in [1.82, 2.24) is 10.2 Å². The van der Waals surface area contributed by atoms with Crippen LogP contribution in [-0.4, -0.2) is 37.1 Å². The van der Waals surface area contributed by atoms with E-state index in [4.69, 9.17) is 0 Å². The van der Waals surface area contributed by atoms with Gasteiger partial charge in [-0.1, -0.05) is 0 Å².